The Hall–Kier alpha value is -2.14. The van der Waals surface area contributed by atoms with Crippen LogP contribution in [0.4, 0.5) is 5.69 Å². The molecule has 24 heavy (non-hydrogen) atoms. The van der Waals surface area contributed by atoms with E-state index >= 15 is 0 Å². The van der Waals surface area contributed by atoms with Gasteiger partial charge in [-0.1, -0.05) is 17.7 Å². The lowest BCUT2D eigenvalue weighted by Gasteiger charge is -2.18. The molecule has 1 amide bonds. The third-order valence-corrected chi connectivity index (χ3v) is 4.82. The number of aryl methyl sites for hydroxylation is 3. The molecule has 1 aliphatic rings. The second kappa shape index (κ2) is 7.18. The van der Waals surface area contributed by atoms with Gasteiger partial charge in [-0.25, -0.2) is 0 Å². The van der Waals surface area contributed by atoms with Crippen molar-refractivity contribution in [3.8, 4) is 11.5 Å². The topological polar surface area (TPSA) is 47.6 Å². The van der Waals surface area contributed by atoms with Gasteiger partial charge in [0.05, 0.1) is 5.75 Å². The van der Waals surface area contributed by atoms with Gasteiger partial charge in [-0.2, -0.15) is 0 Å². The van der Waals surface area contributed by atoms with Crippen LogP contribution in [0, 0.1) is 20.8 Å². The number of nitrogens with one attached hydrogen (secondary N) is 1. The number of hydrogen-bond donors (Lipinski definition) is 1. The molecule has 0 bridgehead atoms. The number of anilines is 1. The molecule has 0 radical (unpaired) electrons. The first-order valence-electron chi connectivity index (χ1n) is 7.93. The van der Waals surface area contributed by atoms with E-state index in [2.05, 4.69) is 24.4 Å². The first-order chi connectivity index (χ1) is 11.5. The lowest BCUT2D eigenvalue weighted by atomic mass is 10.1. The average Bonchev–Trinajstić information content (AvgIpc) is 2.56. The summed E-state index contributed by atoms with van der Waals surface area (Å²) in [6.07, 6.45) is 0. The standard InChI is InChI=1S/C19H21NO3S/c1-12-8-13(2)19(14(3)9-12)20-18(21)11-24-15-4-5-16-17(10-15)23-7-6-22-16/h4-5,8-10H,6-7,11H2,1-3H3,(H,20,21). The van der Waals surface area contributed by atoms with Crippen LogP contribution < -0.4 is 14.8 Å². The second-order valence-corrected chi connectivity index (χ2v) is 6.96. The molecule has 1 aliphatic heterocycles. The number of thioether (sulfide) groups is 1. The summed E-state index contributed by atoms with van der Waals surface area (Å²) in [6, 6.07) is 9.93. The molecule has 0 aromatic heterocycles. The Labute approximate surface area is 146 Å². The minimum Gasteiger partial charge on any atom is -0.486 e. The molecule has 1 heterocycles. The number of benzene rings is 2. The Morgan fingerprint density at radius 1 is 1.04 bits per heavy atom. The Balaban J connectivity index is 1.62. The molecule has 126 valence electrons. The van der Waals surface area contributed by atoms with Crippen LogP contribution in [-0.2, 0) is 4.79 Å². The monoisotopic (exact) mass is 343 g/mol. The highest BCUT2D eigenvalue weighted by Crippen LogP contribution is 2.34. The van der Waals surface area contributed by atoms with Crippen LogP contribution in [0.15, 0.2) is 35.2 Å². The number of fused-ring (bicyclic) bond motifs is 1. The first kappa shape index (κ1) is 16.7. The number of hydrogen-bond acceptors (Lipinski definition) is 4. The molecular weight excluding hydrogens is 322 g/mol. The van der Waals surface area contributed by atoms with Crippen molar-refractivity contribution in [2.24, 2.45) is 0 Å². The van der Waals surface area contributed by atoms with Crippen LogP contribution in [0.1, 0.15) is 16.7 Å². The largest absolute Gasteiger partial charge is 0.486 e. The molecule has 2 aromatic carbocycles. The number of amides is 1. The molecule has 5 heteroatoms. The van der Waals surface area contributed by atoms with Crippen LogP contribution in [0.5, 0.6) is 11.5 Å². The maximum Gasteiger partial charge on any atom is 0.234 e. The number of rotatable bonds is 4. The van der Waals surface area contributed by atoms with Gasteiger partial charge >= 0.3 is 0 Å². The zero-order valence-corrected chi connectivity index (χ0v) is 15.0. The predicted molar refractivity (Wildman–Crippen MR) is 97.4 cm³/mol. The van der Waals surface area contributed by atoms with Crippen molar-refractivity contribution in [3.05, 3.63) is 47.0 Å². The molecule has 1 N–H and O–H groups in total. The maximum atomic E-state index is 12.3. The summed E-state index contributed by atoms with van der Waals surface area (Å²) in [5, 5.41) is 3.02. The quantitative estimate of drug-likeness (QED) is 0.849. The predicted octanol–water partition coefficient (Wildman–Crippen LogP) is 4.11. The second-order valence-electron chi connectivity index (χ2n) is 5.92. The third-order valence-electron chi connectivity index (χ3n) is 3.83. The third kappa shape index (κ3) is 3.85. The smallest absolute Gasteiger partial charge is 0.234 e. The Morgan fingerprint density at radius 2 is 1.71 bits per heavy atom. The molecule has 0 saturated carbocycles. The van der Waals surface area contributed by atoms with Crippen LogP contribution in [0.2, 0.25) is 0 Å². The molecule has 0 aliphatic carbocycles. The summed E-state index contributed by atoms with van der Waals surface area (Å²) in [4.78, 5) is 13.3. The van der Waals surface area contributed by atoms with Gasteiger partial charge in [0.15, 0.2) is 11.5 Å². The van der Waals surface area contributed by atoms with E-state index in [-0.39, 0.29) is 5.91 Å². The summed E-state index contributed by atoms with van der Waals surface area (Å²) in [5.74, 6) is 1.86. The van der Waals surface area contributed by atoms with Gasteiger partial charge in [0, 0.05) is 10.6 Å². The van der Waals surface area contributed by atoms with E-state index in [1.54, 1.807) is 0 Å². The summed E-state index contributed by atoms with van der Waals surface area (Å²) in [5.41, 5.74) is 4.29. The fourth-order valence-corrected chi connectivity index (χ4v) is 3.54. The summed E-state index contributed by atoms with van der Waals surface area (Å²) in [7, 11) is 0. The highest BCUT2D eigenvalue weighted by molar-refractivity contribution is 8.00. The molecule has 2 aromatic rings. The van der Waals surface area contributed by atoms with Crippen molar-refractivity contribution in [2.75, 3.05) is 24.3 Å². The lowest BCUT2D eigenvalue weighted by molar-refractivity contribution is -0.113. The van der Waals surface area contributed by atoms with Crippen LogP contribution in [-0.4, -0.2) is 24.9 Å². The number of carbonyl (C=O) groups excluding carboxylic acids is 1. The molecule has 3 rings (SSSR count). The van der Waals surface area contributed by atoms with Gasteiger partial charge < -0.3 is 14.8 Å². The number of carbonyl (C=O) groups is 1. The van der Waals surface area contributed by atoms with Crippen molar-refractivity contribution in [2.45, 2.75) is 25.7 Å². The Morgan fingerprint density at radius 3 is 2.42 bits per heavy atom. The van der Waals surface area contributed by atoms with Crippen LogP contribution in [0.3, 0.4) is 0 Å². The van der Waals surface area contributed by atoms with E-state index in [0.717, 1.165) is 33.2 Å². The summed E-state index contributed by atoms with van der Waals surface area (Å²) < 4.78 is 11.1. The van der Waals surface area contributed by atoms with Gasteiger partial charge in [-0.3, -0.25) is 4.79 Å². The van der Waals surface area contributed by atoms with Crippen molar-refractivity contribution >= 4 is 23.4 Å². The van der Waals surface area contributed by atoms with Gasteiger partial charge in [0.25, 0.3) is 0 Å². The fourth-order valence-electron chi connectivity index (χ4n) is 2.82. The van der Waals surface area contributed by atoms with Crippen molar-refractivity contribution < 1.29 is 14.3 Å². The van der Waals surface area contributed by atoms with E-state index < -0.39 is 0 Å². The number of ether oxygens (including phenoxy) is 2. The summed E-state index contributed by atoms with van der Waals surface area (Å²) >= 11 is 1.49. The zero-order valence-electron chi connectivity index (χ0n) is 14.1. The van der Waals surface area contributed by atoms with E-state index in [1.807, 2.05) is 32.0 Å². The zero-order chi connectivity index (χ0) is 17.1. The highest BCUT2D eigenvalue weighted by atomic mass is 32.2. The average molecular weight is 343 g/mol. The minimum absolute atomic E-state index is 0.00931. The van der Waals surface area contributed by atoms with E-state index in [1.165, 1.54) is 17.3 Å². The van der Waals surface area contributed by atoms with Crippen LogP contribution >= 0.6 is 11.8 Å². The van der Waals surface area contributed by atoms with E-state index in [4.69, 9.17) is 9.47 Å². The Bertz CT molecular complexity index is 750. The maximum absolute atomic E-state index is 12.3. The van der Waals surface area contributed by atoms with Crippen LogP contribution in [0.25, 0.3) is 0 Å². The van der Waals surface area contributed by atoms with Gasteiger partial charge in [-0.15, -0.1) is 11.8 Å². The molecule has 0 fully saturated rings. The molecule has 4 nitrogen and oxygen atoms in total. The van der Waals surface area contributed by atoms with Crippen molar-refractivity contribution in [1.29, 1.82) is 0 Å². The van der Waals surface area contributed by atoms with Gasteiger partial charge in [-0.05, 0) is 50.1 Å². The fraction of sp³-hybridized carbons (Fsp3) is 0.316. The molecular formula is C19H21NO3S. The SMILES string of the molecule is Cc1cc(C)c(NC(=O)CSc2ccc3c(c2)OCCO3)c(C)c1. The van der Waals surface area contributed by atoms with Crippen molar-refractivity contribution in [1.82, 2.24) is 0 Å². The minimum atomic E-state index is -0.00931. The molecule has 0 unspecified atom stereocenters. The molecule has 0 saturated heterocycles. The molecule has 0 atom stereocenters. The van der Waals surface area contributed by atoms with E-state index in [0.29, 0.717) is 19.0 Å². The first-order valence-corrected chi connectivity index (χ1v) is 8.91. The summed E-state index contributed by atoms with van der Waals surface area (Å²) in [6.45, 7) is 7.24. The Kier molecular flexibility index (Phi) is 5.00. The normalized spacial score (nSPS) is 12.8. The van der Waals surface area contributed by atoms with Crippen molar-refractivity contribution in [3.63, 3.8) is 0 Å². The van der Waals surface area contributed by atoms with Gasteiger partial charge in [0.1, 0.15) is 13.2 Å². The molecule has 0 spiro atoms. The van der Waals surface area contributed by atoms with Gasteiger partial charge in [0.2, 0.25) is 5.91 Å². The highest BCUT2D eigenvalue weighted by Gasteiger charge is 2.13. The lowest BCUT2D eigenvalue weighted by Crippen LogP contribution is -2.16. The van der Waals surface area contributed by atoms with E-state index in [9.17, 15) is 4.79 Å².